The number of amides is 1. The van der Waals surface area contributed by atoms with E-state index in [0.29, 0.717) is 19.3 Å². The molecule has 81 heavy (non-hydrogen) atoms. The molecule has 0 spiro atoms. The Hall–Kier alpha value is -1.60. The number of aliphatic hydroxyl groups is 5. The molecule has 8 unspecified atom stereocenters. The first-order valence-electron chi connectivity index (χ1n) is 35.5. The SMILES string of the molecule is CCCCCCCCCCC/C=C/C(O)C(COC1OC(CO)C(O)C(O)C1OC(=O)CCCCCCCCCCCCCCCCCCCCC)NC(=O)C(O)CCCCCCCCCCCCCCCCCCCCCCCC. The van der Waals surface area contributed by atoms with Crippen LogP contribution < -0.4 is 5.32 Å². The van der Waals surface area contributed by atoms with E-state index >= 15 is 0 Å². The summed E-state index contributed by atoms with van der Waals surface area (Å²) < 4.78 is 17.7. The Kier molecular flexibility index (Phi) is 56.2. The van der Waals surface area contributed by atoms with Gasteiger partial charge in [-0.25, -0.2) is 0 Å². The van der Waals surface area contributed by atoms with Crippen LogP contribution in [0.1, 0.15) is 361 Å². The number of hydrogen-bond donors (Lipinski definition) is 6. The van der Waals surface area contributed by atoms with E-state index in [1.807, 2.05) is 6.08 Å². The molecule has 0 bridgehead atoms. The summed E-state index contributed by atoms with van der Waals surface area (Å²) in [5.41, 5.74) is 0. The van der Waals surface area contributed by atoms with Crippen LogP contribution in [-0.4, -0.2) is 99.6 Å². The zero-order valence-corrected chi connectivity index (χ0v) is 53.4. The molecule has 11 nitrogen and oxygen atoms in total. The molecular weight excluding hydrogens is 1010 g/mol. The van der Waals surface area contributed by atoms with Gasteiger partial charge in [-0.15, -0.1) is 0 Å². The Morgan fingerprint density at radius 1 is 0.469 bits per heavy atom. The molecule has 1 fully saturated rings. The highest BCUT2D eigenvalue weighted by molar-refractivity contribution is 5.80. The highest BCUT2D eigenvalue weighted by Crippen LogP contribution is 2.27. The minimum atomic E-state index is -1.61. The number of rotatable bonds is 62. The topological polar surface area (TPSA) is 175 Å². The predicted octanol–water partition coefficient (Wildman–Crippen LogP) is 17.9. The number of unbranched alkanes of at least 4 members (excludes halogenated alkanes) is 48. The zero-order valence-electron chi connectivity index (χ0n) is 53.4. The molecule has 8 atom stereocenters. The van der Waals surface area contributed by atoms with E-state index < -0.39 is 67.4 Å². The van der Waals surface area contributed by atoms with Crippen molar-refractivity contribution in [3.05, 3.63) is 12.2 Å². The van der Waals surface area contributed by atoms with Crippen molar-refractivity contribution in [1.82, 2.24) is 5.32 Å². The largest absolute Gasteiger partial charge is 0.454 e. The lowest BCUT2D eigenvalue weighted by Gasteiger charge is -2.41. The van der Waals surface area contributed by atoms with Gasteiger partial charge in [-0.2, -0.15) is 0 Å². The average molecular weight is 1150 g/mol. The monoisotopic (exact) mass is 1150 g/mol. The van der Waals surface area contributed by atoms with Gasteiger partial charge in [0.05, 0.1) is 25.4 Å². The van der Waals surface area contributed by atoms with Gasteiger partial charge in [0.1, 0.15) is 24.4 Å². The first-order valence-corrected chi connectivity index (χ1v) is 35.5. The maximum atomic E-state index is 13.5. The number of carbonyl (C=O) groups is 2. The van der Waals surface area contributed by atoms with Gasteiger partial charge in [-0.05, 0) is 25.7 Å². The fourth-order valence-corrected chi connectivity index (χ4v) is 11.6. The van der Waals surface area contributed by atoms with Crippen molar-refractivity contribution in [2.24, 2.45) is 0 Å². The summed E-state index contributed by atoms with van der Waals surface area (Å²) in [7, 11) is 0. The number of ether oxygens (including phenoxy) is 3. The molecule has 1 saturated heterocycles. The van der Waals surface area contributed by atoms with E-state index in [9.17, 15) is 35.1 Å². The lowest BCUT2D eigenvalue weighted by molar-refractivity contribution is -0.305. The van der Waals surface area contributed by atoms with Crippen molar-refractivity contribution >= 4 is 11.9 Å². The lowest BCUT2D eigenvalue weighted by Crippen LogP contribution is -2.61. The van der Waals surface area contributed by atoms with Gasteiger partial charge in [0, 0.05) is 6.42 Å². The van der Waals surface area contributed by atoms with Crippen molar-refractivity contribution in [1.29, 1.82) is 0 Å². The molecule has 1 aliphatic heterocycles. The zero-order chi connectivity index (χ0) is 58.9. The third kappa shape index (κ3) is 46.3. The van der Waals surface area contributed by atoms with Crippen LogP contribution in [-0.2, 0) is 23.8 Å². The molecule has 0 radical (unpaired) electrons. The van der Waals surface area contributed by atoms with Crippen molar-refractivity contribution in [2.45, 2.75) is 410 Å². The summed E-state index contributed by atoms with van der Waals surface area (Å²) in [6.45, 7) is 5.85. The maximum absolute atomic E-state index is 13.5. The van der Waals surface area contributed by atoms with Crippen LogP contribution in [0, 0.1) is 0 Å². The Bertz CT molecular complexity index is 1370. The van der Waals surface area contributed by atoms with Gasteiger partial charge in [-0.1, -0.05) is 341 Å². The third-order valence-electron chi connectivity index (χ3n) is 17.2. The normalized spacial score (nSPS) is 18.6. The van der Waals surface area contributed by atoms with Crippen LogP contribution in [0.4, 0.5) is 0 Å². The summed E-state index contributed by atoms with van der Waals surface area (Å²) in [4.78, 5) is 26.6. The number of hydrogen-bond acceptors (Lipinski definition) is 10. The summed E-state index contributed by atoms with van der Waals surface area (Å²) in [5.74, 6) is -1.17. The van der Waals surface area contributed by atoms with E-state index in [1.54, 1.807) is 6.08 Å². The highest BCUT2D eigenvalue weighted by Gasteiger charge is 2.47. The first kappa shape index (κ1) is 77.4. The number of aliphatic hydroxyl groups excluding tert-OH is 5. The molecule has 1 aliphatic rings. The molecule has 1 heterocycles. The van der Waals surface area contributed by atoms with Crippen molar-refractivity contribution in [2.75, 3.05) is 13.2 Å². The highest BCUT2D eigenvalue weighted by atomic mass is 16.7. The van der Waals surface area contributed by atoms with Gasteiger partial charge in [0.2, 0.25) is 5.91 Å². The lowest BCUT2D eigenvalue weighted by atomic mass is 9.99. The third-order valence-corrected chi connectivity index (χ3v) is 17.2. The molecule has 6 N–H and O–H groups in total. The van der Waals surface area contributed by atoms with Gasteiger partial charge in [0.15, 0.2) is 12.4 Å². The number of allylic oxidation sites excluding steroid dienone is 1. The number of nitrogens with one attached hydrogen (secondary N) is 1. The second-order valence-electron chi connectivity index (χ2n) is 25.0. The quantitative estimate of drug-likeness (QED) is 0.0195. The van der Waals surface area contributed by atoms with Crippen LogP contribution in [0.3, 0.4) is 0 Å². The summed E-state index contributed by atoms with van der Waals surface area (Å²) >= 11 is 0. The fraction of sp³-hybridized carbons (Fsp3) is 0.943. The Morgan fingerprint density at radius 3 is 1.16 bits per heavy atom. The van der Waals surface area contributed by atoms with Crippen molar-refractivity contribution < 1.29 is 49.3 Å². The molecule has 11 heteroatoms. The van der Waals surface area contributed by atoms with Crippen molar-refractivity contribution in [3.8, 4) is 0 Å². The van der Waals surface area contributed by atoms with E-state index in [4.69, 9.17) is 14.2 Å². The van der Waals surface area contributed by atoms with Crippen LogP contribution in [0.2, 0.25) is 0 Å². The second-order valence-corrected chi connectivity index (χ2v) is 25.0. The molecular formula is C70H135NO10. The summed E-state index contributed by atoms with van der Waals surface area (Å²) in [5, 5.41) is 57.2. The Morgan fingerprint density at radius 2 is 0.802 bits per heavy atom. The fourth-order valence-electron chi connectivity index (χ4n) is 11.6. The van der Waals surface area contributed by atoms with E-state index in [0.717, 1.165) is 57.8 Å². The number of esters is 1. The van der Waals surface area contributed by atoms with Crippen molar-refractivity contribution in [3.63, 3.8) is 0 Å². The summed E-state index contributed by atoms with van der Waals surface area (Å²) in [6, 6.07) is -1.02. The first-order chi connectivity index (χ1) is 39.7. The molecule has 0 aromatic heterocycles. The second kappa shape index (κ2) is 58.8. The molecule has 1 amide bonds. The molecule has 0 aromatic carbocycles. The average Bonchev–Trinajstić information content (AvgIpc) is 3.50. The Balaban J connectivity index is 2.55. The van der Waals surface area contributed by atoms with Gasteiger partial charge >= 0.3 is 5.97 Å². The molecule has 0 aromatic rings. The van der Waals surface area contributed by atoms with Crippen LogP contribution >= 0.6 is 0 Å². The van der Waals surface area contributed by atoms with E-state index in [1.165, 1.54) is 257 Å². The van der Waals surface area contributed by atoms with Gasteiger partial charge in [-0.3, -0.25) is 9.59 Å². The van der Waals surface area contributed by atoms with Crippen LogP contribution in [0.15, 0.2) is 12.2 Å². The molecule has 0 aliphatic carbocycles. The predicted molar refractivity (Wildman–Crippen MR) is 338 cm³/mol. The standard InChI is InChI=1S/C70H135NO10/c1-4-7-10-13-16-19-22-24-26-28-30-31-32-34-35-37-39-42-45-48-51-54-57-63(74)69(78)71-61(62(73)56-53-50-47-44-41-21-18-15-12-9-6-3)60-79-70-68(67(77)66(76)64(59-72)80-70)81-65(75)58-55-52-49-46-43-40-38-36-33-29-27-25-23-20-17-14-11-8-5-2/h53,56,61-64,66-68,70,72-74,76-77H,4-52,54-55,57-60H2,1-3H3,(H,71,78)/b56-53+. The molecule has 480 valence electrons. The summed E-state index contributed by atoms with van der Waals surface area (Å²) in [6.07, 6.45) is 58.3. The van der Waals surface area contributed by atoms with E-state index in [-0.39, 0.29) is 13.0 Å². The van der Waals surface area contributed by atoms with E-state index in [2.05, 4.69) is 26.1 Å². The van der Waals surface area contributed by atoms with Gasteiger partial charge in [0.25, 0.3) is 0 Å². The maximum Gasteiger partial charge on any atom is 0.306 e. The minimum Gasteiger partial charge on any atom is -0.454 e. The van der Waals surface area contributed by atoms with Gasteiger partial charge < -0.3 is 45.1 Å². The molecule has 0 saturated carbocycles. The smallest absolute Gasteiger partial charge is 0.306 e. The number of carbonyl (C=O) groups excluding carboxylic acids is 2. The Labute approximate surface area is 499 Å². The van der Waals surface area contributed by atoms with Crippen LogP contribution in [0.25, 0.3) is 0 Å². The van der Waals surface area contributed by atoms with Crippen LogP contribution in [0.5, 0.6) is 0 Å². The minimum absolute atomic E-state index is 0.132. The molecule has 1 rings (SSSR count).